The van der Waals surface area contributed by atoms with E-state index in [9.17, 15) is 15.0 Å². The fourth-order valence-corrected chi connectivity index (χ4v) is 1.40. The molecule has 0 saturated carbocycles. The van der Waals surface area contributed by atoms with Crippen molar-refractivity contribution in [2.75, 3.05) is 12.3 Å². The molecule has 1 aromatic rings. The molecule has 8 nitrogen and oxygen atoms in total. The Morgan fingerprint density at radius 1 is 1.67 bits per heavy atom. The average molecular weight is 254 g/mol. The molecule has 0 aliphatic rings. The number of nitrogens with zero attached hydrogens (tertiary/aromatic N) is 2. The van der Waals surface area contributed by atoms with Gasteiger partial charge in [-0.3, -0.25) is 9.89 Å². The first kappa shape index (κ1) is 14.0. The van der Waals surface area contributed by atoms with E-state index in [-0.39, 0.29) is 23.7 Å². The number of hydrogen-bond acceptors (Lipinski definition) is 7. The second-order valence-corrected chi connectivity index (χ2v) is 3.53. The van der Waals surface area contributed by atoms with Crippen LogP contribution in [-0.2, 0) is 9.53 Å². The van der Waals surface area contributed by atoms with Gasteiger partial charge in [-0.05, 0) is 6.92 Å². The lowest BCUT2D eigenvalue weighted by molar-refractivity contribution is -0.147. The molecule has 0 bridgehead atoms. The largest absolute Gasteiger partial charge is 0.466 e. The van der Waals surface area contributed by atoms with Crippen LogP contribution in [0.25, 0.3) is 0 Å². The predicted octanol–water partition coefficient (Wildman–Crippen LogP) is -0.789. The van der Waals surface area contributed by atoms with Crippen molar-refractivity contribution in [3.8, 4) is 6.07 Å². The van der Waals surface area contributed by atoms with Crippen LogP contribution in [-0.4, -0.2) is 39.1 Å². The average Bonchev–Trinajstić information content (AvgIpc) is 2.69. The number of anilines is 1. The van der Waals surface area contributed by atoms with Gasteiger partial charge in [0.05, 0.1) is 24.8 Å². The number of H-pyrrole nitrogens is 1. The molecule has 0 spiro atoms. The summed E-state index contributed by atoms with van der Waals surface area (Å²) in [5, 5.41) is 34.2. The molecule has 5 N–H and O–H groups in total. The van der Waals surface area contributed by atoms with Crippen molar-refractivity contribution in [3.63, 3.8) is 0 Å². The minimum Gasteiger partial charge on any atom is -0.466 e. The van der Waals surface area contributed by atoms with Crippen LogP contribution in [0.1, 0.15) is 30.7 Å². The number of nitrogens with two attached hydrogens (primary N) is 1. The van der Waals surface area contributed by atoms with E-state index in [1.165, 1.54) is 0 Å². The van der Waals surface area contributed by atoms with Crippen LogP contribution in [0.2, 0.25) is 0 Å². The van der Waals surface area contributed by atoms with Gasteiger partial charge in [0, 0.05) is 0 Å². The number of aromatic nitrogens is 2. The van der Waals surface area contributed by atoms with E-state index in [2.05, 4.69) is 14.9 Å². The zero-order valence-electron chi connectivity index (χ0n) is 9.75. The number of ether oxygens (including phenoxy) is 1. The highest BCUT2D eigenvalue weighted by atomic mass is 16.5. The Kier molecular flexibility index (Phi) is 4.65. The van der Waals surface area contributed by atoms with E-state index in [0.29, 0.717) is 0 Å². The predicted molar refractivity (Wildman–Crippen MR) is 59.9 cm³/mol. The SMILES string of the molecule is CCOC(=O)CC(O)C(O)c1[nH]nc(N)c1C#N. The lowest BCUT2D eigenvalue weighted by atomic mass is 10.0. The molecule has 0 radical (unpaired) electrons. The maximum Gasteiger partial charge on any atom is 0.308 e. The zero-order valence-corrected chi connectivity index (χ0v) is 9.75. The highest BCUT2D eigenvalue weighted by Gasteiger charge is 2.27. The molecular formula is C10H14N4O4. The van der Waals surface area contributed by atoms with Gasteiger partial charge in [-0.25, -0.2) is 0 Å². The number of carbonyl (C=O) groups excluding carboxylic acids is 1. The van der Waals surface area contributed by atoms with Gasteiger partial charge in [-0.2, -0.15) is 10.4 Å². The van der Waals surface area contributed by atoms with Crippen LogP contribution in [0.3, 0.4) is 0 Å². The molecule has 0 aromatic carbocycles. The summed E-state index contributed by atoms with van der Waals surface area (Å²) in [6.45, 7) is 1.81. The quantitative estimate of drug-likeness (QED) is 0.504. The van der Waals surface area contributed by atoms with E-state index in [1.807, 2.05) is 0 Å². The van der Waals surface area contributed by atoms with Crippen molar-refractivity contribution < 1.29 is 19.7 Å². The van der Waals surface area contributed by atoms with Crippen LogP contribution >= 0.6 is 0 Å². The standard InChI is InChI=1S/C10H14N4O4/c1-2-18-7(16)3-6(15)9(17)8-5(4-11)10(12)14-13-8/h6,9,15,17H,2-3H2,1H3,(H3,12,13,14). The summed E-state index contributed by atoms with van der Waals surface area (Å²) >= 11 is 0. The maximum atomic E-state index is 11.1. The molecule has 2 unspecified atom stereocenters. The summed E-state index contributed by atoms with van der Waals surface area (Å²) < 4.78 is 4.63. The zero-order chi connectivity index (χ0) is 13.7. The van der Waals surface area contributed by atoms with Crippen molar-refractivity contribution in [1.29, 1.82) is 5.26 Å². The van der Waals surface area contributed by atoms with Crippen LogP contribution in [0.4, 0.5) is 5.82 Å². The highest BCUT2D eigenvalue weighted by molar-refractivity contribution is 5.70. The number of esters is 1. The second-order valence-electron chi connectivity index (χ2n) is 3.53. The minimum absolute atomic E-state index is 0.0215. The number of carbonyl (C=O) groups is 1. The van der Waals surface area contributed by atoms with E-state index in [4.69, 9.17) is 11.0 Å². The molecule has 0 amide bonds. The summed E-state index contributed by atoms with van der Waals surface area (Å²) in [4.78, 5) is 11.1. The molecular weight excluding hydrogens is 240 g/mol. The van der Waals surface area contributed by atoms with E-state index in [0.717, 1.165) is 0 Å². The number of nitrogens with one attached hydrogen (secondary N) is 1. The number of nitrogen functional groups attached to an aromatic ring is 1. The number of hydrogen-bond donors (Lipinski definition) is 4. The van der Waals surface area contributed by atoms with Gasteiger partial charge in [0.2, 0.25) is 0 Å². The van der Waals surface area contributed by atoms with Crippen LogP contribution in [0, 0.1) is 11.3 Å². The van der Waals surface area contributed by atoms with E-state index >= 15 is 0 Å². The van der Waals surface area contributed by atoms with Crippen molar-refractivity contribution in [3.05, 3.63) is 11.3 Å². The molecule has 0 saturated heterocycles. The van der Waals surface area contributed by atoms with Gasteiger partial charge in [0.25, 0.3) is 0 Å². The first-order valence-electron chi connectivity index (χ1n) is 5.26. The lowest BCUT2D eigenvalue weighted by Gasteiger charge is -2.15. The van der Waals surface area contributed by atoms with Crippen LogP contribution in [0.5, 0.6) is 0 Å². The van der Waals surface area contributed by atoms with Gasteiger partial charge >= 0.3 is 5.97 Å². The van der Waals surface area contributed by atoms with Crippen molar-refractivity contribution in [2.45, 2.75) is 25.6 Å². The monoisotopic (exact) mass is 254 g/mol. The fraction of sp³-hybridized carbons (Fsp3) is 0.500. The Labute approximate surface area is 103 Å². The number of rotatable bonds is 5. The summed E-state index contributed by atoms with van der Waals surface area (Å²) in [6, 6.07) is 1.75. The van der Waals surface area contributed by atoms with Crippen LogP contribution in [0.15, 0.2) is 0 Å². The third-order valence-electron chi connectivity index (χ3n) is 2.28. The van der Waals surface area contributed by atoms with Gasteiger partial charge in [-0.1, -0.05) is 0 Å². The van der Waals surface area contributed by atoms with E-state index in [1.54, 1.807) is 13.0 Å². The molecule has 1 rings (SSSR count). The Bertz CT molecular complexity index is 465. The van der Waals surface area contributed by atoms with Gasteiger partial charge in [0.15, 0.2) is 5.82 Å². The fourth-order valence-electron chi connectivity index (χ4n) is 1.40. The Balaban J connectivity index is 2.77. The number of nitriles is 1. The molecule has 2 atom stereocenters. The Morgan fingerprint density at radius 2 is 2.33 bits per heavy atom. The molecule has 0 aliphatic heterocycles. The lowest BCUT2D eigenvalue weighted by Crippen LogP contribution is -2.24. The molecule has 0 fully saturated rings. The first-order valence-corrected chi connectivity index (χ1v) is 5.26. The number of aliphatic hydroxyl groups excluding tert-OH is 2. The molecule has 98 valence electrons. The molecule has 18 heavy (non-hydrogen) atoms. The minimum atomic E-state index is -1.46. The summed E-state index contributed by atoms with van der Waals surface area (Å²) in [5.41, 5.74) is 5.32. The van der Waals surface area contributed by atoms with Crippen molar-refractivity contribution in [1.82, 2.24) is 10.2 Å². The summed E-state index contributed by atoms with van der Waals surface area (Å²) in [5.74, 6) is -0.718. The second kappa shape index (κ2) is 6.00. The van der Waals surface area contributed by atoms with Gasteiger partial charge < -0.3 is 20.7 Å². The van der Waals surface area contributed by atoms with Crippen molar-refractivity contribution >= 4 is 11.8 Å². The summed E-state index contributed by atoms with van der Waals surface area (Å²) in [6.07, 6.45) is -3.26. The molecule has 0 aliphatic carbocycles. The molecule has 1 heterocycles. The third kappa shape index (κ3) is 2.97. The Morgan fingerprint density at radius 3 is 2.89 bits per heavy atom. The van der Waals surface area contributed by atoms with Gasteiger partial charge in [-0.15, -0.1) is 0 Å². The topological polar surface area (TPSA) is 145 Å². The molecule has 8 heteroatoms. The van der Waals surface area contributed by atoms with Crippen molar-refractivity contribution in [2.24, 2.45) is 0 Å². The first-order chi connectivity index (χ1) is 8.51. The van der Waals surface area contributed by atoms with Gasteiger partial charge in [0.1, 0.15) is 17.7 Å². The smallest absolute Gasteiger partial charge is 0.308 e. The summed E-state index contributed by atoms with van der Waals surface area (Å²) in [7, 11) is 0. The highest BCUT2D eigenvalue weighted by Crippen LogP contribution is 2.23. The number of aromatic amines is 1. The number of aliphatic hydroxyl groups is 2. The maximum absolute atomic E-state index is 11.1. The van der Waals surface area contributed by atoms with E-state index < -0.39 is 24.6 Å². The normalized spacial score (nSPS) is 13.7. The Hall–Kier alpha value is -2.11. The van der Waals surface area contributed by atoms with Crippen LogP contribution < -0.4 is 5.73 Å². The molecule has 1 aromatic heterocycles. The third-order valence-corrected chi connectivity index (χ3v) is 2.28.